The van der Waals surface area contributed by atoms with Gasteiger partial charge in [0.1, 0.15) is 6.61 Å². The van der Waals surface area contributed by atoms with Crippen molar-refractivity contribution in [1.82, 2.24) is 4.90 Å². The van der Waals surface area contributed by atoms with Gasteiger partial charge in [0, 0.05) is 0 Å². The van der Waals surface area contributed by atoms with E-state index in [0.29, 0.717) is 89.4 Å². The Kier molecular flexibility index (Phi) is 14.9. The summed E-state index contributed by atoms with van der Waals surface area (Å²) in [6.07, 6.45) is 0. The van der Waals surface area contributed by atoms with Crippen molar-refractivity contribution in [2.24, 2.45) is 0 Å². The fourth-order valence-electron chi connectivity index (χ4n) is 3.65. The molecule has 0 aliphatic carbocycles. The van der Waals surface area contributed by atoms with E-state index in [1.165, 1.54) is 4.90 Å². The van der Waals surface area contributed by atoms with Gasteiger partial charge in [-0.1, -0.05) is 30.3 Å². The van der Waals surface area contributed by atoms with Crippen molar-refractivity contribution in [3.05, 3.63) is 71.3 Å². The fourth-order valence-corrected chi connectivity index (χ4v) is 3.65. The molecule has 1 heterocycles. The van der Waals surface area contributed by atoms with Crippen LogP contribution in [0.3, 0.4) is 0 Å². The number of rotatable bonds is 22. The molecule has 0 radical (unpaired) electrons. The van der Waals surface area contributed by atoms with Crippen molar-refractivity contribution < 1.29 is 47.5 Å². The molecule has 0 bridgehead atoms. The number of nitrogens with zero attached hydrogens (tertiary/aromatic N) is 1. The lowest BCUT2D eigenvalue weighted by Gasteiger charge is -2.13. The van der Waals surface area contributed by atoms with E-state index < -0.39 is 0 Å². The molecule has 2 aromatic rings. The van der Waals surface area contributed by atoms with Crippen molar-refractivity contribution in [2.45, 2.75) is 0 Å². The third kappa shape index (κ3) is 11.1. The predicted molar refractivity (Wildman–Crippen MR) is 143 cm³/mol. The van der Waals surface area contributed by atoms with Gasteiger partial charge >= 0.3 is 5.97 Å². The van der Waals surface area contributed by atoms with Crippen LogP contribution in [-0.4, -0.2) is 115 Å². The maximum atomic E-state index is 12.3. The van der Waals surface area contributed by atoms with Gasteiger partial charge in [0.15, 0.2) is 0 Å². The molecule has 11 nitrogen and oxygen atoms in total. The summed E-state index contributed by atoms with van der Waals surface area (Å²) < 4.78 is 37.7. The van der Waals surface area contributed by atoms with Crippen molar-refractivity contribution in [1.29, 1.82) is 0 Å². The molecule has 2 amide bonds. The van der Waals surface area contributed by atoms with Crippen LogP contribution in [0.5, 0.6) is 0 Å². The molecule has 0 atom stereocenters. The highest BCUT2D eigenvalue weighted by Crippen LogP contribution is 2.21. The third-order valence-electron chi connectivity index (χ3n) is 5.67. The van der Waals surface area contributed by atoms with E-state index in [9.17, 15) is 14.4 Å². The van der Waals surface area contributed by atoms with Gasteiger partial charge < -0.3 is 33.2 Å². The number of esters is 1. The van der Waals surface area contributed by atoms with Crippen molar-refractivity contribution in [3.8, 4) is 0 Å². The van der Waals surface area contributed by atoms with Crippen molar-refractivity contribution in [3.63, 3.8) is 0 Å². The van der Waals surface area contributed by atoms with Crippen LogP contribution in [0.25, 0.3) is 0 Å². The summed E-state index contributed by atoms with van der Waals surface area (Å²) in [5, 5.41) is 0. The summed E-state index contributed by atoms with van der Waals surface area (Å²) in [4.78, 5) is 37.5. The summed E-state index contributed by atoms with van der Waals surface area (Å²) in [5.74, 6) is -0.928. The topological polar surface area (TPSA) is 119 Å². The second-order valence-corrected chi connectivity index (χ2v) is 8.48. The molecule has 0 fully saturated rings. The molecule has 0 spiro atoms. The number of amides is 2. The largest absolute Gasteiger partial charge is 0.460 e. The Morgan fingerprint density at radius 1 is 0.500 bits per heavy atom. The Hall–Kier alpha value is -3.19. The first-order chi connectivity index (χ1) is 19.7. The smallest absolute Gasteiger partial charge is 0.338 e. The second-order valence-electron chi connectivity index (χ2n) is 8.48. The van der Waals surface area contributed by atoms with E-state index in [1.807, 2.05) is 6.07 Å². The summed E-state index contributed by atoms with van der Waals surface area (Å²) in [5.41, 5.74) is 1.39. The van der Waals surface area contributed by atoms with Gasteiger partial charge in [0.2, 0.25) is 0 Å². The van der Waals surface area contributed by atoms with Crippen LogP contribution < -0.4 is 0 Å². The van der Waals surface area contributed by atoms with E-state index in [-0.39, 0.29) is 37.5 Å². The highest BCUT2D eigenvalue weighted by Gasteiger charge is 2.34. The van der Waals surface area contributed by atoms with E-state index in [4.69, 9.17) is 33.2 Å². The van der Waals surface area contributed by atoms with E-state index in [1.54, 1.807) is 48.5 Å². The van der Waals surface area contributed by atoms with Crippen LogP contribution in [0.1, 0.15) is 31.1 Å². The quantitative estimate of drug-likeness (QED) is 0.121. The molecule has 0 unspecified atom stereocenters. The van der Waals surface area contributed by atoms with Crippen LogP contribution in [0.4, 0.5) is 0 Å². The molecule has 1 aliphatic heterocycles. The van der Waals surface area contributed by atoms with Crippen LogP contribution in [0.15, 0.2) is 54.6 Å². The molecule has 0 saturated carbocycles. The fraction of sp³-hybridized carbons (Fsp3) is 0.483. The highest BCUT2D eigenvalue weighted by molar-refractivity contribution is 6.21. The zero-order valence-corrected chi connectivity index (χ0v) is 22.6. The molecule has 218 valence electrons. The number of hydrogen-bond donors (Lipinski definition) is 0. The molecule has 0 saturated heterocycles. The molecular formula is C29H37NO10. The van der Waals surface area contributed by atoms with Gasteiger partial charge in [-0.3, -0.25) is 14.5 Å². The maximum absolute atomic E-state index is 12.3. The molecular weight excluding hydrogens is 522 g/mol. The first-order valence-electron chi connectivity index (χ1n) is 13.3. The van der Waals surface area contributed by atoms with Gasteiger partial charge in [-0.25, -0.2) is 4.79 Å². The van der Waals surface area contributed by atoms with Crippen LogP contribution in [-0.2, 0) is 33.2 Å². The first kappa shape index (κ1) is 31.3. The summed E-state index contributed by atoms with van der Waals surface area (Å²) >= 11 is 0. The Morgan fingerprint density at radius 3 is 1.32 bits per heavy atom. The number of benzene rings is 2. The summed E-state index contributed by atoms with van der Waals surface area (Å²) in [6.45, 7) is 5.22. The molecule has 2 aromatic carbocycles. The molecule has 3 rings (SSSR count). The Labute approximate surface area is 234 Å². The number of carbonyl (C=O) groups excluding carboxylic acids is 3. The zero-order chi connectivity index (χ0) is 28.3. The van der Waals surface area contributed by atoms with Gasteiger partial charge in [0.25, 0.3) is 11.8 Å². The average molecular weight is 560 g/mol. The lowest BCUT2D eigenvalue weighted by atomic mass is 10.1. The number of fused-ring (bicyclic) bond motifs is 1. The molecule has 0 N–H and O–H groups in total. The SMILES string of the molecule is O=C(OCCOCCOCCOCCOCCOCCOCCN1C(=O)c2ccccc2C1=O)c1ccccc1. The third-order valence-corrected chi connectivity index (χ3v) is 5.67. The summed E-state index contributed by atoms with van der Waals surface area (Å²) in [7, 11) is 0. The van der Waals surface area contributed by atoms with Crippen molar-refractivity contribution in [2.75, 3.05) is 92.4 Å². The number of carbonyl (C=O) groups is 3. The van der Waals surface area contributed by atoms with E-state index in [0.717, 1.165) is 0 Å². The Balaban J connectivity index is 1.00. The zero-order valence-electron chi connectivity index (χ0n) is 22.6. The lowest BCUT2D eigenvalue weighted by molar-refractivity contribution is -0.0197. The predicted octanol–water partition coefficient (Wildman–Crippen LogP) is 2.24. The number of ether oxygens (including phenoxy) is 7. The van der Waals surface area contributed by atoms with Gasteiger partial charge in [-0.2, -0.15) is 0 Å². The second kappa shape index (κ2) is 19.0. The minimum atomic E-state index is -0.365. The molecule has 11 heteroatoms. The Morgan fingerprint density at radius 2 is 0.875 bits per heavy atom. The standard InChI is InChI=1S/C29H37NO10/c31-27-25-8-4-5-9-26(25)28(32)30(27)10-11-34-12-13-35-14-15-36-16-17-37-18-19-38-20-21-39-22-23-40-29(33)24-6-2-1-3-7-24/h1-9H,10-23H2. The van der Waals surface area contributed by atoms with Gasteiger partial charge in [-0.15, -0.1) is 0 Å². The van der Waals surface area contributed by atoms with Crippen LogP contribution in [0, 0.1) is 0 Å². The average Bonchev–Trinajstić information content (AvgIpc) is 3.23. The molecule has 0 aromatic heterocycles. The minimum Gasteiger partial charge on any atom is -0.460 e. The number of hydrogen-bond acceptors (Lipinski definition) is 10. The van der Waals surface area contributed by atoms with Gasteiger partial charge in [0.05, 0.1) is 103 Å². The van der Waals surface area contributed by atoms with Crippen molar-refractivity contribution >= 4 is 17.8 Å². The van der Waals surface area contributed by atoms with Gasteiger partial charge in [-0.05, 0) is 24.3 Å². The lowest BCUT2D eigenvalue weighted by Crippen LogP contribution is -2.33. The van der Waals surface area contributed by atoms with E-state index in [2.05, 4.69) is 0 Å². The van der Waals surface area contributed by atoms with E-state index >= 15 is 0 Å². The highest BCUT2D eigenvalue weighted by atomic mass is 16.6. The molecule has 1 aliphatic rings. The molecule has 40 heavy (non-hydrogen) atoms. The van der Waals surface area contributed by atoms with Crippen LogP contribution >= 0.6 is 0 Å². The minimum absolute atomic E-state index is 0.191. The Bertz CT molecular complexity index is 997. The summed E-state index contributed by atoms with van der Waals surface area (Å²) in [6, 6.07) is 15.6. The first-order valence-corrected chi connectivity index (χ1v) is 13.3. The normalized spacial score (nSPS) is 12.7. The van der Waals surface area contributed by atoms with Crippen LogP contribution in [0.2, 0.25) is 0 Å². The monoisotopic (exact) mass is 559 g/mol. The number of imide groups is 1. The maximum Gasteiger partial charge on any atom is 0.338 e.